The van der Waals surface area contributed by atoms with Crippen molar-refractivity contribution in [1.29, 1.82) is 0 Å². The lowest BCUT2D eigenvalue weighted by Gasteiger charge is -2.28. The Morgan fingerprint density at radius 2 is 1.81 bits per heavy atom. The first-order chi connectivity index (χ1) is 14.7. The van der Waals surface area contributed by atoms with Crippen LogP contribution in [0.4, 0.5) is 30.0 Å². The molecule has 2 heterocycles. The number of anilines is 3. The molecule has 0 radical (unpaired) electrons. The van der Waals surface area contributed by atoms with Gasteiger partial charge >= 0.3 is 10.2 Å². The van der Waals surface area contributed by atoms with E-state index in [4.69, 9.17) is 11.6 Å². The molecule has 1 saturated heterocycles. The zero-order valence-electron chi connectivity index (χ0n) is 18.1. The minimum atomic E-state index is -4.75. The smallest absolute Gasteiger partial charge is 0.306 e. The maximum absolute atomic E-state index is 13.8. The zero-order chi connectivity index (χ0) is 23.9. The quantitative estimate of drug-likeness (QED) is 0.374. The summed E-state index contributed by atoms with van der Waals surface area (Å²) in [6, 6.07) is 6.36. The molecule has 3 rings (SSSR count). The highest BCUT2D eigenvalue weighted by atomic mass is 32.3. The number of halogens is 3. The number of hydrogen-bond acceptors (Lipinski definition) is 8. The van der Waals surface area contributed by atoms with Gasteiger partial charge in [-0.15, -0.1) is 3.89 Å². The van der Waals surface area contributed by atoms with Crippen LogP contribution >= 0.6 is 0 Å². The Morgan fingerprint density at radius 1 is 1.19 bits per heavy atom. The third-order valence-corrected chi connectivity index (χ3v) is 5.76. The number of hydrazine groups is 1. The standard InChI is InChI=1S/C20H27F3N6O2S/c1-19(2,3)18-26-16(28-9-8-20(21,22)12-28)15(24)17(27-18)29(25)10-13-6-4-5-7-14(13)11-32(23,30)31/h4-7H,8-12,24-25H2,1-3H3. The number of alkyl halides is 2. The van der Waals surface area contributed by atoms with E-state index in [2.05, 4.69) is 9.97 Å². The molecule has 32 heavy (non-hydrogen) atoms. The average Bonchev–Trinajstić information content (AvgIpc) is 3.01. The van der Waals surface area contributed by atoms with E-state index in [9.17, 15) is 21.1 Å². The molecular formula is C20H27F3N6O2S. The molecule has 1 aromatic heterocycles. The van der Waals surface area contributed by atoms with Crippen molar-refractivity contribution in [2.24, 2.45) is 5.84 Å². The molecule has 176 valence electrons. The van der Waals surface area contributed by atoms with Gasteiger partial charge in [0.1, 0.15) is 17.3 Å². The van der Waals surface area contributed by atoms with E-state index in [0.29, 0.717) is 11.4 Å². The summed E-state index contributed by atoms with van der Waals surface area (Å²) < 4.78 is 63.2. The second-order valence-corrected chi connectivity index (χ2v) is 10.3. The first kappa shape index (κ1) is 24.1. The number of aromatic nitrogens is 2. The Bertz CT molecular complexity index is 1100. The summed E-state index contributed by atoms with van der Waals surface area (Å²) in [6.45, 7) is 5.14. The molecule has 0 atom stereocenters. The number of benzene rings is 1. The van der Waals surface area contributed by atoms with E-state index in [1.54, 1.807) is 18.2 Å². The summed E-state index contributed by atoms with van der Waals surface area (Å²) in [5.74, 6) is 3.26. The van der Waals surface area contributed by atoms with Gasteiger partial charge in [-0.1, -0.05) is 45.0 Å². The SMILES string of the molecule is CC(C)(C)c1nc(N(N)Cc2ccccc2CS(=O)(=O)F)c(N)c(N2CCC(F)(F)C2)n1. The lowest BCUT2D eigenvalue weighted by atomic mass is 9.95. The minimum absolute atomic E-state index is 0.0356. The Kier molecular flexibility index (Phi) is 6.31. The highest BCUT2D eigenvalue weighted by Crippen LogP contribution is 2.37. The molecule has 4 N–H and O–H groups in total. The number of hydrogen-bond donors (Lipinski definition) is 2. The summed E-state index contributed by atoms with van der Waals surface area (Å²) in [5, 5.41) is 1.19. The molecule has 0 saturated carbocycles. The molecule has 1 aromatic carbocycles. The summed E-state index contributed by atoms with van der Waals surface area (Å²) in [4.78, 5) is 10.3. The van der Waals surface area contributed by atoms with Gasteiger partial charge in [-0.25, -0.2) is 24.6 Å². The van der Waals surface area contributed by atoms with Crippen LogP contribution in [0.2, 0.25) is 0 Å². The molecular weight excluding hydrogens is 445 g/mol. The Morgan fingerprint density at radius 3 is 2.34 bits per heavy atom. The predicted octanol–water partition coefficient (Wildman–Crippen LogP) is 2.88. The average molecular weight is 473 g/mol. The highest BCUT2D eigenvalue weighted by Gasteiger charge is 2.40. The third-order valence-electron chi connectivity index (χ3n) is 5.10. The highest BCUT2D eigenvalue weighted by molar-refractivity contribution is 7.85. The van der Waals surface area contributed by atoms with Gasteiger partial charge in [0.15, 0.2) is 11.6 Å². The van der Waals surface area contributed by atoms with Crippen molar-refractivity contribution < 1.29 is 21.1 Å². The summed E-state index contributed by atoms with van der Waals surface area (Å²) >= 11 is 0. The van der Waals surface area contributed by atoms with Crippen molar-refractivity contribution in [3.05, 3.63) is 41.2 Å². The van der Waals surface area contributed by atoms with Crippen molar-refractivity contribution >= 4 is 27.5 Å². The topological polar surface area (TPSA) is 118 Å². The molecule has 1 aliphatic heterocycles. The molecule has 1 fully saturated rings. The van der Waals surface area contributed by atoms with E-state index in [0.717, 1.165) is 0 Å². The van der Waals surface area contributed by atoms with Gasteiger partial charge in [0.05, 0.1) is 13.1 Å². The van der Waals surface area contributed by atoms with E-state index < -0.39 is 33.9 Å². The summed E-state index contributed by atoms with van der Waals surface area (Å²) in [7, 11) is -4.75. The van der Waals surface area contributed by atoms with Crippen LogP contribution in [-0.2, 0) is 27.9 Å². The first-order valence-corrected chi connectivity index (χ1v) is 11.5. The van der Waals surface area contributed by atoms with Gasteiger partial charge in [-0.05, 0) is 11.1 Å². The second-order valence-electron chi connectivity index (χ2n) is 8.97. The van der Waals surface area contributed by atoms with Gasteiger partial charge in [-0.3, -0.25) is 5.01 Å². The van der Waals surface area contributed by atoms with Gasteiger partial charge in [-0.2, -0.15) is 8.42 Å². The van der Waals surface area contributed by atoms with Gasteiger partial charge in [0.2, 0.25) is 0 Å². The van der Waals surface area contributed by atoms with Crippen molar-refractivity contribution in [1.82, 2.24) is 9.97 Å². The molecule has 2 aromatic rings. The van der Waals surface area contributed by atoms with Crippen LogP contribution in [-0.4, -0.2) is 37.4 Å². The van der Waals surface area contributed by atoms with Crippen LogP contribution in [0.5, 0.6) is 0 Å². The fourth-order valence-corrected chi connectivity index (χ4v) is 4.11. The lowest BCUT2D eigenvalue weighted by molar-refractivity contribution is 0.0257. The van der Waals surface area contributed by atoms with Crippen molar-refractivity contribution in [2.45, 2.75) is 50.8 Å². The van der Waals surface area contributed by atoms with Crippen LogP contribution in [0.25, 0.3) is 0 Å². The number of rotatable bonds is 6. The number of nitrogens with zero attached hydrogens (tertiary/aromatic N) is 4. The number of nitrogens with two attached hydrogens (primary N) is 2. The lowest BCUT2D eigenvalue weighted by Crippen LogP contribution is -2.35. The molecule has 8 nitrogen and oxygen atoms in total. The Hall–Kier alpha value is -2.60. The molecule has 0 aliphatic carbocycles. The fraction of sp³-hybridized carbons (Fsp3) is 0.500. The van der Waals surface area contributed by atoms with Gasteiger partial charge in [0, 0.05) is 18.4 Å². The fourth-order valence-electron chi connectivity index (χ4n) is 3.45. The van der Waals surface area contributed by atoms with E-state index >= 15 is 0 Å². The maximum Gasteiger partial charge on any atom is 0.306 e. The number of nitrogen functional groups attached to an aromatic ring is 1. The predicted molar refractivity (Wildman–Crippen MR) is 117 cm³/mol. The van der Waals surface area contributed by atoms with Crippen LogP contribution in [0.1, 0.15) is 44.1 Å². The van der Waals surface area contributed by atoms with Gasteiger partial charge in [0.25, 0.3) is 5.92 Å². The summed E-state index contributed by atoms with van der Waals surface area (Å²) in [6.07, 6.45) is -0.311. The molecule has 0 unspecified atom stereocenters. The molecule has 12 heteroatoms. The van der Waals surface area contributed by atoms with Crippen LogP contribution in [0, 0.1) is 0 Å². The van der Waals surface area contributed by atoms with Crippen molar-refractivity contribution in [2.75, 3.05) is 28.7 Å². The van der Waals surface area contributed by atoms with Crippen molar-refractivity contribution in [3.8, 4) is 0 Å². The summed E-state index contributed by atoms with van der Waals surface area (Å²) in [5.41, 5.74) is 6.48. The van der Waals surface area contributed by atoms with Crippen LogP contribution in [0.3, 0.4) is 0 Å². The molecule has 0 amide bonds. The second kappa shape index (κ2) is 8.39. The largest absolute Gasteiger partial charge is 0.393 e. The minimum Gasteiger partial charge on any atom is -0.393 e. The molecule has 1 aliphatic rings. The zero-order valence-corrected chi connectivity index (χ0v) is 19.0. The molecule has 0 bridgehead atoms. The first-order valence-electron chi connectivity index (χ1n) is 9.98. The normalized spacial score (nSPS) is 16.4. The van der Waals surface area contributed by atoms with Crippen LogP contribution in [0.15, 0.2) is 24.3 Å². The Balaban J connectivity index is 2.01. The van der Waals surface area contributed by atoms with Crippen LogP contribution < -0.4 is 21.5 Å². The van der Waals surface area contributed by atoms with E-state index in [1.807, 2.05) is 20.8 Å². The Labute approximate surface area is 185 Å². The van der Waals surface area contributed by atoms with E-state index in [1.165, 1.54) is 16.0 Å². The van der Waals surface area contributed by atoms with E-state index in [-0.39, 0.29) is 42.4 Å². The monoisotopic (exact) mass is 472 g/mol. The maximum atomic E-state index is 13.8. The third kappa shape index (κ3) is 5.60. The van der Waals surface area contributed by atoms with Gasteiger partial charge < -0.3 is 10.6 Å². The van der Waals surface area contributed by atoms with Crippen molar-refractivity contribution in [3.63, 3.8) is 0 Å². The molecule has 0 spiro atoms.